The first-order chi connectivity index (χ1) is 3.29. The lowest BCUT2D eigenvalue weighted by molar-refractivity contribution is 0.295. The molecule has 2 atom stereocenters. The molecule has 1 aliphatic rings. The van der Waals surface area contributed by atoms with Gasteiger partial charge in [-0.2, -0.15) is 0 Å². The van der Waals surface area contributed by atoms with E-state index in [1.807, 2.05) is 6.92 Å². The second kappa shape index (κ2) is 2.54. The molecule has 0 aromatic carbocycles. The van der Waals surface area contributed by atoms with E-state index in [1.165, 1.54) is 0 Å². The first-order valence-electron chi connectivity index (χ1n) is 2.04. The Hall–Kier alpha value is 1.03. The maximum absolute atomic E-state index is 5.61. The van der Waals surface area contributed by atoms with Crippen LogP contribution in [0, 0.1) is 0 Å². The van der Waals surface area contributed by atoms with E-state index in [2.05, 4.69) is 0 Å². The summed E-state index contributed by atoms with van der Waals surface area (Å²) in [6, 6.07) is 0. The summed E-state index contributed by atoms with van der Waals surface area (Å²) in [4.78, 5) is 0. The number of halogens is 1. The lowest BCUT2D eigenvalue weighted by Gasteiger charge is -1.96. The van der Waals surface area contributed by atoms with Crippen molar-refractivity contribution in [2.24, 2.45) is 0 Å². The zero-order chi connectivity index (χ0) is 5.28. The molecule has 0 aromatic heterocycles. The highest BCUT2D eigenvalue weighted by molar-refractivity contribution is 8.61. The van der Waals surface area contributed by atoms with Crippen molar-refractivity contribution in [1.29, 1.82) is 0 Å². The molecule has 1 fully saturated rings. The van der Waals surface area contributed by atoms with Gasteiger partial charge in [0.05, 0.1) is 6.10 Å². The molecule has 0 spiro atoms. The minimum absolute atomic E-state index is 0.383. The smallest absolute Gasteiger partial charge is 0.188 e. The van der Waals surface area contributed by atoms with Crippen LogP contribution < -0.4 is 0 Å². The molecule has 4 heteroatoms. The van der Waals surface area contributed by atoms with Crippen LogP contribution in [-0.4, -0.2) is 11.9 Å². The van der Waals surface area contributed by atoms with Gasteiger partial charge in [-0.25, -0.2) is 0 Å². The molecule has 1 aliphatic heterocycles. The summed E-state index contributed by atoms with van der Waals surface area (Å²) in [5, 5.41) is 0. The van der Waals surface area contributed by atoms with E-state index in [9.17, 15) is 0 Å². The van der Waals surface area contributed by atoms with Crippen LogP contribution in [0.5, 0.6) is 0 Å². The van der Waals surface area contributed by atoms with E-state index in [0.717, 1.165) is 5.75 Å². The Bertz CT molecular complexity index is 64.0. The van der Waals surface area contributed by atoms with Crippen LogP contribution in [0.2, 0.25) is 0 Å². The van der Waals surface area contributed by atoms with Crippen molar-refractivity contribution in [3.63, 3.8) is 0 Å². The normalized spacial score (nSPS) is 42.0. The zero-order valence-electron chi connectivity index (χ0n) is 3.93. The fourth-order valence-corrected chi connectivity index (χ4v) is 3.80. The van der Waals surface area contributed by atoms with Gasteiger partial charge in [-0.1, -0.05) is 22.6 Å². The predicted octanol–water partition coefficient (Wildman–Crippen LogP) is 2.60. The predicted molar refractivity (Wildman–Crippen MR) is 35.8 cm³/mol. The summed E-state index contributed by atoms with van der Waals surface area (Å²) in [5.41, 5.74) is 0. The minimum atomic E-state index is -0.615. The van der Waals surface area contributed by atoms with Gasteiger partial charge in [-0.05, 0) is 6.92 Å². The molecule has 0 bridgehead atoms. The van der Waals surface area contributed by atoms with E-state index >= 15 is 0 Å². The van der Waals surface area contributed by atoms with Gasteiger partial charge in [-0.15, -0.1) is 0 Å². The Labute approximate surface area is 53.1 Å². The van der Waals surface area contributed by atoms with E-state index in [-0.39, 0.29) is 0 Å². The zero-order valence-corrected chi connectivity index (χ0v) is 6.39. The molecule has 0 N–H and O–H groups in total. The van der Waals surface area contributed by atoms with Gasteiger partial charge in [0, 0.05) is 5.75 Å². The largest absolute Gasteiger partial charge is 0.331 e. The topological polar surface area (TPSA) is 9.23 Å². The molecule has 7 heavy (non-hydrogen) atoms. The molecule has 0 aliphatic carbocycles. The molecular weight excluding hydrogens is 151 g/mol. The molecule has 0 aromatic rings. The monoisotopic (exact) mass is 156 g/mol. The Kier molecular flexibility index (Phi) is 2.23. The highest BCUT2D eigenvalue weighted by Crippen LogP contribution is 2.61. The molecular formula is C3H6ClOPS. The van der Waals surface area contributed by atoms with Crippen LogP contribution in [-0.2, 0) is 4.52 Å². The Morgan fingerprint density at radius 2 is 2.71 bits per heavy atom. The molecule has 0 amide bonds. The lowest BCUT2D eigenvalue weighted by Crippen LogP contribution is -1.97. The Morgan fingerprint density at radius 3 is 2.86 bits per heavy atom. The average Bonchev–Trinajstić information content (AvgIpc) is 1.87. The average molecular weight is 157 g/mol. The standard InChI is InChI=1S/C3H6ClOPS/c1-3-2-7-6(4)5-3/h3H,2H2,1H3/t3-,6+/m1/s1. The molecule has 1 saturated heterocycles. The third-order valence-corrected chi connectivity index (χ3v) is 4.45. The first-order valence-corrected chi connectivity index (χ1v) is 5.80. The second-order valence-corrected chi connectivity index (χ2v) is 5.94. The molecule has 0 saturated carbocycles. The summed E-state index contributed by atoms with van der Waals surface area (Å²) >= 11 is 7.33. The van der Waals surface area contributed by atoms with Gasteiger partial charge in [-0.3, -0.25) is 0 Å². The van der Waals surface area contributed by atoms with E-state index < -0.39 is 6.70 Å². The van der Waals surface area contributed by atoms with Gasteiger partial charge < -0.3 is 4.52 Å². The van der Waals surface area contributed by atoms with Crippen molar-refractivity contribution in [1.82, 2.24) is 0 Å². The molecule has 42 valence electrons. The summed E-state index contributed by atoms with van der Waals surface area (Å²) in [5.74, 6) is 1.06. The van der Waals surface area contributed by atoms with Gasteiger partial charge >= 0.3 is 0 Å². The summed E-state index contributed by atoms with van der Waals surface area (Å²) in [7, 11) is 0. The van der Waals surface area contributed by atoms with Crippen LogP contribution in [0.15, 0.2) is 0 Å². The Morgan fingerprint density at radius 1 is 2.00 bits per heavy atom. The van der Waals surface area contributed by atoms with E-state index in [4.69, 9.17) is 15.8 Å². The van der Waals surface area contributed by atoms with Crippen molar-refractivity contribution >= 4 is 29.3 Å². The Balaban J connectivity index is 2.26. The van der Waals surface area contributed by atoms with Crippen molar-refractivity contribution in [2.45, 2.75) is 13.0 Å². The maximum Gasteiger partial charge on any atom is 0.188 e. The van der Waals surface area contributed by atoms with Crippen LogP contribution in [0.3, 0.4) is 0 Å². The van der Waals surface area contributed by atoms with Gasteiger partial charge in [0.25, 0.3) is 0 Å². The highest BCUT2D eigenvalue weighted by Gasteiger charge is 2.19. The number of hydrogen-bond acceptors (Lipinski definition) is 2. The fraction of sp³-hybridized carbons (Fsp3) is 1.00. The van der Waals surface area contributed by atoms with Crippen molar-refractivity contribution in [3.05, 3.63) is 0 Å². The molecule has 1 nitrogen and oxygen atoms in total. The van der Waals surface area contributed by atoms with Crippen LogP contribution in [0.25, 0.3) is 0 Å². The lowest BCUT2D eigenvalue weighted by atomic mass is 10.5. The summed E-state index contributed by atoms with van der Waals surface area (Å²) in [6.07, 6.45) is 0.383. The van der Waals surface area contributed by atoms with Gasteiger partial charge in [0.1, 0.15) is 0 Å². The van der Waals surface area contributed by atoms with Crippen LogP contribution in [0.1, 0.15) is 6.92 Å². The number of rotatable bonds is 0. The maximum atomic E-state index is 5.61. The number of hydrogen-bond donors (Lipinski definition) is 0. The molecule has 1 heterocycles. The second-order valence-electron chi connectivity index (χ2n) is 1.42. The first kappa shape index (κ1) is 6.15. The van der Waals surface area contributed by atoms with Crippen molar-refractivity contribution in [2.75, 3.05) is 5.75 Å². The van der Waals surface area contributed by atoms with Crippen molar-refractivity contribution in [3.8, 4) is 0 Å². The summed E-state index contributed by atoms with van der Waals surface area (Å²) in [6.45, 7) is 1.42. The van der Waals surface area contributed by atoms with E-state index in [1.54, 1.807) is 11.4 Å². The molecule has 0 radical (unpaired) electrons. The third kappa shape index (κ3) is 1.77. The molecule has 0 unspecified atom stereocenters. The molecule has 1 rings (SSSR count). The summed E-state index contributed by atoms with van der Waals surface area (Å²) < 4.78 is 5.15. The van der Waals surface area contributed by atoms with Crippen LogP contribution in [0.4, 0.5) is 0 Å². The van der Waals surface area contributed by atoms with Gasteiger partial charge in [0.15, 0.2) is 6.70 Å². The van der Waals surface area contributed by atoms with Crippen LogP contribution >= 0.6 is 29.3 Å². The quantitative estimate of drug-likeness (QED) is 0.499. The van der Waals surface area contributed by atoms with Crippen molar-refractivity contribution < 1.29 is 4.52 Å². The fourth-order valence-electron chi connectivity index (χ4n) is 0.366. The SMILES string of the molecule is C[C@@H]1CS[P@@](Cl)O1. The third-order valence-electron chi connectivity index (χ3n) is 0.674. The minimum Gasteiger partial charge on any atom is -0.331 e. The van der Waals surface area contributed by atoms with E-state index in [0.29, 0.717) is 6.10 Å². The van der Waals surface area contributed by atoms with Gasteiger partial charge in [0.2, 0.25) is 0 Å². The highest BCUT2D eigenvalue weighted by atomic mass is 35.7.